The highest BCUT2D eigenvalue weighted by Crippen LogP contribution is 2.28. The smallest absolute Gasteiger partial charge is 0.198 e. The molecule has 1 aliphatic rings. The average molecular weight is 323 g/mol. The summed E-state index contributed by atoms with van der Waals surface area (Å²) in [5, 5.41) is 3.81. The van der Waals surface area contributed by atoms with Gasteiger partial charge in [-0.15, -0.1) is 0 Å². The van der Waals surface area contributed by atoms with E-state index in [1.54, 1.807) is 12.5 Å². The van der Waals surface area contributed by atoms with E-state index >= 15 is 0 Å². The van der Waals surface area contributed by atoms with E-state index in [4.69, 9.17) is 8.94 Å². The van der Waals surface area contributed by atoms with Crippen LogP contribution in [0.15, 0.2) is 57.8 Å². The van der Waals surface area contributed by atoms with Crippen LogP contribution in [-0.2, 0) is 13.0 Å². The summed E-state index contributed by atoms with van der Waals surface area (Å²) >= 11 is 0. The van der Waals surface area contributed by atoms with Crippen LogP contribution < -0.4 is 0 Å². The van der Waals surface area contributed by atoms with Crippen LogP contribution in [0.1, 0.15) is 41.7 Å². The third-order valence-electron chi connectivity index (χ3n) is 4.63. The summed E-state index contributed by atoms with van der Waals surface area (Å²) in [4.78, 5) is 7.06. The second-order valence-electron chi connectivity index (χ2n) is 6.36. The molecule has 3 aromatic rings. The van der Waals surface area contributed by atoms with Crippen molar-refractivity contribution >= 4 is 0 Å². The van der Waals surface area contributed by atoms with Crippen molar-refractivity contribution < 1.29 is 8.94 Å². The van der Waals surface area contributed by atoms with Gasteiger partial charge in [-0.1, -0.05) is 35.5 Å². The van der Waals surface area contributed by atoms with E-state index in [-0.39, 0.29) is 0 Å². The number of hydrogen-bond acceptors (Lipinski definition) is 5. The largest absolute Gasteiger partial charge is 0.448 e. The minimum absolute atomic E-state index is 0.495. The zero-order valence-corrected chi connectivity index (χ0v) is 13.6. The van der Waals surface area contributed by atoms with E-state index in [1.165, 1.54) is 5.56 Å². The molecule has 24 heavy (non-hydrogen) atoms. The third kappa shape index (κ3) is 3.57. The molecule has 5 heteroatoms. The first-order valence-corrected chi connectivity index (χ1v) is 8.47. The molecule has 0 aliphatic carbocycles. The zero-order chi connectivity index (χ0) is 16.2. The molecule has 0 N–H and O–H groups in total. The van der Waals surface area contributed by atoms with Gasteiger partial charge in [0.15, 0.2) is 5.89 Å². The van der Waals surface area contributed by atoms with E-state index in [1.807, 2.05) is 24.3 Å². The number of nitrogens with zero attached hydrogens (tertiary/aromatic N) is 3. The van der Waals surface area contributed by atoms with Crippen LogP contribution in [0.3, 0.4) is 0 Å². The summed E-state index contributed by atoms with van der Waals surface area (Å²) < 4.78 is 10.9. The minimum atomic E-state index is 0.495. The molecule has 0 saturated carbocycles. The van der Waals surface area contributed by atoms with Gasteiger partial charge >= 0.3 is 0 Å². The monoisotopic (exact) mass is 323 g/mol. The maximum absolute atomic E-state index is 5.63. The Morgan fingerprint density at radius 1 is 1.08 bits per heavy atom. The molecule has 0 bridgehead atoms. The second-order valence-corrected chi connectivity index (χ2v) is 6.36. The van der Waals surface area contributed by atoms with Gasteiger partial charge in [-0.3, -0.25) is 4.90 Å². The van der Waals surface area contributed by atoms with Crippen molar-refractivity contribution in [2.24, 2.45) is 0 Å². The Morgan fingerprint density at radius 2 is 1.92 bits per heavy atom. The second kappa shape index (κ2) is 7.01. The van der Waals surface area contributed by atoms with Crippen molar-refractivity contribution in [1.29, 1.82) is 0 Å². The molecule has 0 atom stereocenters. The van der Waals surface area contributed by atoms with Crippen LogP contribution in [0.4, 0.5) is 0 Å². The summed E-state index contributed by atoms with van der Waals surface area (Å²) in [6, 6.07) is 12.3. The van der Waals surface area contributed by atoms with Crippen LogP contribution in [0.5, 0.6) is 0 Å². The van der Waals surface area contributed by atoms with E-state index in [0.717, 1.165) is 56.2 Å². The van der Waals surface area contributed by atoms with Gasteiger partial charge in [-0.2, -0.15) is 0 Å². The molecule has 4 rings (SSSR count). The van der Waals surface area contributed by atoms with Gasteiger partial charge in [-0.25, -0.2) is 4.98 Å². The Labute approximate surface area is 141 Å². The van der Waals surface area contributed by atoms with E-state index in [0.29, 0.717) is 5.92 Å². The molecule has 5 nitrogen and oxygen atoms in total. The summed E-state index contributed by atoms with van der Waals surface area (Å²) in [5.74, 6) is 2.30. The number of oxazole rings is 1. The number of piperidine rings is 1. The van der Waals surface area contributed by atoms with Gasteiger partial charge < -0.3 is 8.94 Å². The Bertz CT molecular complexity index is 744. The normalized spacial score (nSPS) is 16.5. The van der Waals surface area contributed by atoms with E-state index in [2.05, 4.69) is 27.2 Å². The van der Waals surface area contributed by atoms with Crippen LogP contribution in [-0.4, -0.2) is 28.1 Å². The van der Waals surface area contributed by atoms with Crippen molar-refractivity contribution in [1.82, 2.24) is 15.0 Å². The Morgan fingerprint density at radius 3 is 2.67 bits per heavy atom. The fourth-order valence-electron chi connectivity index (χ4n) is 3.31. The van der Waals surface area contributed by atoms with Crippen molar-refractivity contribution in [2.45, 2.75) is 31.7 Å². The lowest BCUT2D eigenvalue weighted by molar-refractivity contribution is 0.188. The molecule has 0 amide bonds. The fourth-order valence-corrected chi connectivity index (χ4v) is 3.31. The molecule has 124 valence electrons. The van der Waals surface area contributed by atoms with Gasteiger partial charge in [0.05, 0.1) is 11.9 Å². The van der Waals surface area contributed by atoms with Crippen LogP contribution in [0.25, 0.3) is 0 Å². The van der Waals surface area contributed by atoms with Crippen LogP contribution >= 0.6 is 0 Å². The minimum Gasteiger partial charge on any atom is -0.448 e. The maximum Gasteiger partial charge on any atom is 0.198 e. The van der Waals surface area contributed by atoms with E-state index < -0.39 is 0 Å². The molecule has 1 fully saturated rings. The summed E-state index contributed by atoms with van der Waals surface area (Å²) in [6.07, 6.45) is 6.47. The number of aromatic nitrogens is 2. The number of rotatable bonds is 5. The van der Waals surface area contributed by atoms with Gasteiger partial charge in [-0.05, 0) is 31.5 Å². The Kier molecular flexibility index (Phi) is 4.42. The van der Waals surface area contributed by atoms with Crippen molar-refractivity contribution in [3.63, 3.8) is 0 Å². The lowest BCUT2D eigenvalue weighted by Gasteiger charge is -2.29. The highest BCUT2D eigenvalue weighted by atomic mass is 16.5. The lowest BCUT2D eigenvalue weighted by atomic mass is 9.94. The van der Waals surface area contributed by atoms with Crippen LogP contribution in [0, 0.1) is 0 Å². The predicted molar refractivity (Wildman–Crippen MR) is 89.5 cm³/mol. The SMILES string of the molecule is c1ccc(Cc2nc(CN3CCC(c4ccno4)CC3)co2)cc1. The third-order valence-corrected chi connectivity index (χ3v) is 4.63. The van der Waals surface area contributed by atoms with Gasteiger partial charge in [0.1, 0.15) is 12.0 Å². The topological polar surface area (TPSA) is 55.3 Å². The van der Waals surface area contributed by atoms with Gasteiger partial charge in [0.2, 0.25) is 0 Å². The molecule has 2 aromatic heterocycles. The van der Waals surface area contributed by atoms with Gasteiger partial charge in [0, 0.05) is 24.9 Å². The molecule has 0 unspecified atom stereocenters. The Balaban J connectivity index is 1.30. The molecule has 0 spiro atoms. The van der Waals surface area contributed by atoms with E-state index in [9.17, 15) is 0 Å². The first-order valence-electron chi connectivity index (χ1n) is 8.47. The molecule has 1 aliphatic heterocycles. The van der Waals surface area contributed by atoms with Crippen molar-refractivity contribution in [3.8, 4) is 0 Å². The van der Waals surface area contributed by atoms with Gasteiger partial charge in [0.25, 0.3) is 0 Å². The first kappa shape index (κ1) is 15.1. The quantitative estimate of drug-likeness (QED) is 0.717. The molecule has 3 heterocycles. The molecule has 1 saturated heterocycles. The summed E-state index contributed by atoms with van der Waals surface area (Å²) in [6.45, 7) is 2.94. The summed E-state index contributed by atoms with van der Waals surface area (Å²) in [7, 11) is 0. The number of hydrogen-bond donors (Lipinski definition) is 0. The highest BCUT2D eigenvalue weighted by Gasteiger charge is 2.23. The van der Waals surface area contributed by atoms with Crippen molar-refractivity contribution in [2.75, 3.05) is 13.1 Å². The summed E-state index contributed by atoms with van der Waals surface area (Å²) in [5.41, 5.74) is 2.23. The molecular formula is C19H21N3O2. The molecule has 1 aromatic carbocycles. The number of likely N-dealkylation sites (tertiary alicyclic amines) is 1. The van der Waals surface area contributed by atoms with Crippen LogP contribution in [0.2, 0.25) is 0 Å². The average Bonchev–Trinajstić information content (AvgIpc) is 3.29. The highest BCUT2D eigenvalue weighted by molar-refractivity contribution is 5.18. The Hall–Kier alpha value is -2.40. The zero-order valence-electron chi connectivity index (χ0n) is 13.6. The maximum atomic E-state index is 5.63. The standard InChI is InChI=1S/C19H21N3O2/c1-2-4-15(5-3-1)12-19-21-17(14-23-19)13-22-10-7-16(8-11-22)18-6-9-20-24-18/h1-6,9,14,16H,7-8,10-13H2. The predicted octanol–water partition coefficient (Wildman–Crippen LogP) is 3.63. The fraction of sp³-hybridized carbons (Fsp3) is 0.368. The van der Waals surface area contributed by atoms with Crippen molar-refractivity contribution in [3.05, 3.63) is 71.8 Å². The number of benzene rings is 1. The molecule has 0 radical (unpaired) electrons. The first-order chi connectivity index (χ1) is 11.9. The molecular weight excluding hydrogens is 302 g/mol. The lowest BCUT2D eigenvalue weighted by Crippen LogP contribution is -2.32.